The van der Waals surface area contributed by atoms with Crippen LogP contribution in [0.25, 0.3) is 11.3 Å². The van der Waals surface area contributed by atoms with Crippen LogP contribution in [0.1, 0.15) is 22.3 Å². The molecule has 6 nitrogen and oxygen atoms in total. The number of Topliss-reactive ketones (excluding diaryl/α,β-unsaturated/α-hetero) is 1. The van der Waals surface area contributed by atoms with Crippen molar-refractivity contribution in [3.63, 3.8) is 0 Å². The molecular formula is C24H21N3O3. The standard InChI is InChI=1S/C24H21N3O3/c1-30-20-12-10-16(11-13-20)22-21(24(29)27-26-22)15-25-19-9-5-8-18(14-19)23(28)17-6-3-2-4-7-17/h2-7,9-15,18H,8H2,1H3,(H2,26,27,29). The van der Waals surface area contributed by atoms with E-state index >= 15 is 0 Å². The molecule has 1 aliphatic rings. The van der Waals surface area contributed by atoms with E-state index < -0.39 is 0 Å². The van der Waals surface area contributed by atoms with Crippen molar-refractivity contribution < 1.29 is 9.53 Å². The third-order valence-electron chi connectivity index (χ3n) is 4.98. The summed E-state index contributed by atoms with van der Waals surface area (Å²) in [5.74, 6) is 0.527. The predicted molar refractivity (Wildman–Crippen MR) is 117 cm³/mol. The van der Waals surface area contributed by atoms with E-state index in [2.05, 4.69) is 15.2 Å². The van der Waals surface area contributed by atoms with Crippen LogP contribution in [0.4, 0.5) is 0 Å². The molecule has 2 aromatic carbocycles. The summed E-state index contributed by atoms with van der Waals surface area (Å²) < 4.78 is 5.18. The van der Waals surface area contributed by atoms with Crippen molar-refractivity contribution in [1.82, 2.24) is 10.2 Å². The van der Waals surface area contributed by atoms with Crippen LogP contribution in [0, 0.1) is 5.92 Å². The lowest BCUT2D eigenvalue weighted by atomic mass is 9.91. The monoisotopic (exact) mass is 399 g/mol. The second-order valence-electron chi connectivity index (χ2n) is 6.92. The van der Waals surface area contributed by atoms with Crippen LogP contribution >= 0.6 is 0 Å². The Labute approximate surface area is 173 Å². The lowest BCUT2D eigenvalue weighted by molar-refractivity contribution is 0.0945. The normalized spacial score (nSPS) is 15.9. The quantitative estimate of drug-likeness (QED) is 0.482. The Morgan fingerprint density at radius 1 is 1.10 bits per heavy atom. The molecule has 0 radical (unpaired) electrons. The van der Waals surface area contributed by atoms with Crippen molar-refractivity contribution in [2.24, 2.45) is 10.9 Å². The first-order valence-corrected chi connectivity index (χ1v) is 9.62. The van der Waals surface area contributed by atoms with E-state index in [4.69, 9.17) is 4.74 Å². The van der Waals surface area contributed by atoms with Gasteiger partial charge in [0.15, 0.2) is 5.78 Å². The van der Waals surface area contributed by atoms with Crippen molar-refractivity contribution in [2.75, 3.05) is 7.11 Å². The molecule has 150 valence electrons. The Hall–Kier alpha value is -3.93. The van der Waals surface area contributed by atoms with Crippen LogP contribution in [0.15, 0.2) is 88.3 Å². The molecule has 4 rings (SSSR count). The molecule has 0 bridgehead atoms. The molecule has 0 saturated heterocycles. The average Bonchev–Trinajstić information content (AvgIpc) is 3.18. The number of hydrogen-bond acceptors (Lipinski definition) is 4. The Morgan fingerprint density at radius 2 is 1.87 bits per heavy atom. The van der Waals surface area contributed by atoms with Gasteiger partial charge in [0.1, 0.15) is 5.75 Å². The van der Waals surface area contributed by atoms with E-state index in [1.54, 1.807) is 7.11 Å². The third-order valence-corrected chi connectivity index (χ3v) is 4.98. The molecule has 0 aliphatic heterocycles. The molecule has 3 aromatic rings. The molecule has 1 heterocycles. The summed E-state index contributed by atoms with van der Waals surface area (Å²) in [7, 11) is 1.60. The number of aromatic amines is 2. The van der Waals surface area contributed by atoms with Crippen molar-refractivity contribution in [2.45, 2.75) is 6.42 Å². The van der Waals surface area contributed by atoms with Gasteiger partial charge in [0, 0.05) is 23.3 Å². The fourth-order valence-electron chi connectivity index (χ4n) is 3.37. The maximum absolute atomic E-state index is 12.7. The lowest BCUT2D eigenvalue weighted by Crippen LogP contribution is -2.14. The highest BCUT2D eigenvalue weighted by Gasteiger charge is 2.19. The van der Waals surface area contributed by atoms with Crippen LogP contribution in [0.3, 0.4) is 0 Å². The summed E-state index contributed by atoms with van der Waals surface area (Å²) in [6, 6.07) is 16.6. The van der Waals surface area contributed by atoms with Crippen LogP contribution in [-0.4, -0.2) is 29.3 Å². The number of nitrogens with zero attached hydrogens (tertiary/aromatic N) is 1. The molecule has 0 fully saturated rings. The topological polar surface area (TPSA) is 87.3 Å². The number of benzene rings is 2. The van der Waals surface area contributed by atoms with Gasteiger partial charge >= 0.3 is 0 Å². The van der Waals surface area contributed by atoms with Crippen LogP contribution < -0.4 is 10.3 Å². The fraction of sp³-hybridized carbons (Fsp3) is 0.125. The van der Waals surface area contributed by atoms with E-state index in [0.717, 1.165) is 11.3 Å². The summed E-state index contributed by atoms with van der Waals surface area (Å²) in [6.45, 7) is 0. The van der Waals surface area contributed by atoms with Gasteiger partial charge in [0.05, 0.1) is 24.1 Å². The number of H-pyrrole nitrogens is 2. The van der Waals surface area contributed by atoms with E-state index in [9.17, 15) is 9.59 Å². The van der Waals surface area contributed by atoms with E-state index in [1.807, 2.05) is 72.8 Å². The molecule has 1 atom stereocenters. The van der Waals surface area contributed by atoms with Crippen LogP contribution in [-0.2, 0) is 0 Å². The predicted octanol–water partition coefficient (Wildman–Crippen LogP) is 4.14. The summed E-state index contributed by atoms with van der Waals surface area (Å²) in [6.07, 6.45) is 7.80. The number of hydrogen-bond donors (Lipinski definition) is 2. The summed E-state index contributed by atoms with van der Waals surface area (Å²) >= 11 is 0. The van der Waals surface area contributed by atoms with Crippen LogP contribution in [0.5, 0.6) is 5.75 Å². The fourth-order valence-corrected chi connectivity index (χ4v) is 3.37. The first-order valence-electron chi connectivity index (χ1n) is 9.62. The van der Waals surface area contributed by atoms with Crippen molar-refractivity contribution >= 4 is 12.0 Å². The van der Waals surface area contributed by atoms with Gasteiger partial charge in [-0.2, -0.15) is 0 Å². The Balaban J connectivity index is 1.58. The first kappa shape index (κ1) is 19.4. The lowest BCUT2D eigenvalue weighted by Gasteiger charge is -2.13. The summed E-state index contributed by atoms with van der Waals surface area (Å²) in [5.41, 5.74) is 2.97. The number of aromatic nitrogens is 2. The number of methoxy groups -OCH3 is 1. The molecule has 0 spiro atoms. The van der Waals surface area contributed by atoms with E-state index in [0.29, 0.717) is 28.9 Å². The largest absolute Gasteiger partial charge is 0.497 e. The number of aliphatic imine (C=N–C) groups is 1. The highest BCUT2D eigenvalue weighted by molar-refractivity contribution is 5.99. The van der Waals surface area contributed by atoms with Gasteiger partial charge in [-0.3, -0.25) is 24.8 Å². The molecule has 0 amide bonds. The molecule has 6 heteroatoms. The molecule has 1 unspecified atom stereocenters. The SMILES string of the molecule is COc1ccc(-c2[nH][nH]c(=O)c2C=NC2=CC(C(=O)c3ccccc3)CC=C2)cc1. The number of ketones is 1. The van der Waals surface area contributed by atoms with Crippen molar-refractivity contribution in [3.8, 4) is 17.0 Å². The van der Waals surface area contributed by atoms with Crippen molar-refractivity contribution in [1.29, 1.82) is 0 Å². The van der Waals surface area contributed by atoms with Gasteiger partial charge in [0.2, 0.25) is 0 Å². The van der Waals surface area contributed by atoms with Gasteiger partial charge in [-0.05, 0) is 42.8 Å². The zero-order valence-electron chi connectivity index (χ0n) is 16.5. The van der Waals surface area contributed by atoms with Crippen molar-refractivity contribution in [3.05, 3.63) is 100 Å². The second kappa shape index (κ2) is 8.61. The van der Waals surface area contributed by atoms with Gasteiger partial charge < -0.3 is 4.74 Å². The Kier molecular flexibility index (Phi) is 5.57. The van der Waals surface area contributed by atoms with E-state index in [-0.39, 0.29) is 17.3 Å². The maximum atomic E-state index is 12.7. The smallest absolute Gasteiger partial charge is 0.273 e. The third kappa shape index (κ3) is 4.07. The maximum Gasteiger partial charge on any atom is 0.273 e. The molecule has 0 saturated carbocycles. The number of rotatable bonds is 6. The molecule has 30 heavy (non-hydrogen) atoms. The minimum absolute atomic E-state index is 0.0612. The molecule has 2 N–H and O–H groups in total. The van der Waals surface area contributed by atoms with Gasteiger partial charge in [-0.15, -0.1) is 0 Å². The zero-order chi connectivity index (χ0) is 20.9. The number of allylic oxidation sites excluding steroid dienone is 3. The Bertz CT molecular complexity index is 1180. The molecule has 1 aliphatic carbocycles. The minimum Gasteiger partial charge on any atom is -0.497 e. The number of nitrogens with one attached hydrogen (secondary N) is 2. The van der Waals surface area contributed by atoms with Crippen LogP contribution in [0.2, 0.25) is 0 Å². The number of carbonyl (C=O) groups excluding carboxylic acids is 1. The first-order chi connectivity index (χ1) is 14.7. The van der Waals surface area contributed by atoms with Gasteiger partial charge in [0.25, 0.3) is 5.56 Å². The number of carbonyl (C=O) groups is 1. The second-order valence-corrected chi connectivity index (χ2v) is 6.92. The molecular weight excluding hydrogens is 378 g/mol. The van der Waals surface area contributed by atoms with Gasteiger partial charge in [-0.25, -0.2) is 0 Å². The zero-order valence-corrected chi connectivity index (χ0v) is 16.5. The highest BCUT2D eigenvalue weighted by atomic mass is 16.5. The number of ether oxygens (including phenoxy) is 1. The average molecular weight is 399 g/mol. The minimum atomic E-state index is -0.268. The molecule has 1 aromatic heterocycles. The van der Waals surface area contributed by atoms with E-state index in [1.165, 1.54) is 6.21 Å². The van der Waals surface area contributed by atoms with Gasteiger partial charge in [-0.1, -0.05) is 36.4 Å². The summed E-state index contributed by atoms with van der Waals surface area (Å²) in [5, 5.41) is 5.51. The summed E-state index contributed by atoms with van der Waals surface area (Å²) in [4.78, 5) is 29.5. The Morgan fingerprint density at radius 3 is 2.60 bits per heavy atom. The highest BCUT2D eigenvalue weighted by Crippen LogP contribution is 2.24.